The smallest absolute Gasteiger partial charge is 0.316 e. The Kier molecular flexibility index (Phi) is 9.92. The van der Waals surface area contributed by atoms with Gasteiger partial charge in [-0.05, 0) is 12.8 Å². The summed E-state index contributed by atoms with van der Waals surface area (Å²) < 4.78 is 13.3. The Morgan fingerprint density at radius 1 is 0.640 bits per heavy atom. The zero-order valence-electron chi connectivity index (χ0n) is 14.7. The number of hydrogen-bond acceptors (Lipinski definition) is 9. The van der Waals surface area contributed by atoms with Crippen LogP contribution in [0.1, 0.15) is 53.4 Å². The third-order valence-electron chi connectivity index (χ3n) is 3.08. The topological polar surface area (TPSA) is 130 Å². The normalized spacial score (nSPS) is 12.5. The molecule has 0 aliphatic rings. The fourth-order valence-electron chi connectivity index (χ4n) is 1.63. The highest BCUT2D eigenvalue weighted by atomic mass is 16.6. The Labute approximate surface area is 145 Å². The van der Waals surface area contributed by atoms with Crippen molar-refractivity contribution >= 4 is 35.8 Å². The molecule has 0 aromatic carbocycles. The van der Waals surface area contributed by atoms with Gasteiger partial charge in [0.1, 0.15) is 0 Å². The van der Waals surface area contributed by atoms with Gasteiger partial charge in [-0.25, -0.2) is 0 Å². The molecule has 0 saturated carbocycles. The molecule has 0 aromatic heterocycles. The second kappa shape index (κ2) is 11.1. The van der Waals surface area contributed by atoms with Crippen LogP contribution in [0.2, 0.25) is 0 Å². The summed E-state index contributed by atoms with van der Waals surface area (Å²) in [6.07, 6.45) is -0.234. The lowest BCUT2D eigenvalue weighted by Gasteiger charge is -2.13. The van der Waals surface area contributed by atoms with Gasteiger partial charge in [0, 0.05) is 26.7 Å². The van der Waals surface area contributed by atoms with Crippen LogP contribution in [0.5, 0.6) is 0 Å². The average Bonchev–Trinajstić information content (AvgIpc) is 2.48. The highest BCUT2D eigenvalue weighted by Gasteiger charge is 2.24. The van der Waals surface area contributed by atoms with E-state index < -0.39 is 47.7 Å². The van der Waals surface area contributed by atoms with Crippen LogP contribution in [-0.2, 0) is 43.0 Å². The number of carbonyl (C=O) groups is 6. The summed E-state index contributed by atoms with van der Waals surface area (Å²) in [6.45, 7) is 5.10. The lowest BCUT2D eigenvalue weighted by molar-refractivity contribution is -0.165. The van der Waals surface area contributed by atoms with E-state index in [2.05, 4.69) is 14.2 Å². The molecular weight excluding hydrogens is 336 g/mol. The molecule has 0 bridgehead atoms. The number of ether oxygens (including phenoxy) is 3. The summed E-state index contributed by atoms with van der Waals surface area (Å²) in [6, 6.07) is 0. The molecule has 25 heavy (non-hydrogen) atoms. The fraction of sp³-hybridized carbons (Fsp3) is 0.625. The molecule has 2 unspecified atom stereocenters. The van der Waals surface area contributed by atoms with E-state index in [4.69, 9.17) is 0 Å². The van der Waals surface area contributed by atoms with E-state index in [1.54, 1.807) is 0 Å². The molecule has 0 radical (unpaired) electrons. The van der Waals surface area contributed by atoms with Crippen molar-refractivity contribution in [1.82, 2.24) is 0 Å². The summed E-state index contributed by atoms with van der Waals surface area (Å²) in [5.41, 5.74) is 0. The van der Waals surface area contributed by atoms with E-state index in [1.807, 2.05) is 0 Å². The lowest BCUT2D eigenvalue weighted by atomic mass is 10.0. The maximum absolute atomic E-state index is 11.8. The van der Waals surface area contributed by atoms with Crippen molar-refractivity contribution in [2.24, 2.45) is 11.8 Å². The largest absolute Gasteiger partial charge is 0.393 e. The van der Waals surface area contributed by atoms with Crippen LogP contribution in [0, 0.1) is 11.8 Å². The maximum Gasteiger partial charge on any atom is 0.316 e. The fourth-order valence-corrected chi connectivity index (χ4v) is 1.63. The van der Waals surface area contributed by atoms with E-state index in [9.17, 15) is 28.8 Å². The monoisotopic (exact) mass is 358 g/mol. The summed E-state index contributed by atoms with van der Waals surface area (Å²) in [7, 11) is 0. The van der Waals surface area contributed by atoms with Crippen LogP contribution >= 0.6 is 0 Å². The van der Waals surface area contributed by atoms with Gasteiger partial charge in [-0.1, -0.05) is 13.8 Å². The molecule has 0 spiro atoms. The molecule has 0 fully saturated rings. The van der Waals surface area contributed by atoms with Crippen LogP contribution in [-0.4, -0.2) is 35.8 Å². The van der Waals surface area contributed by atoms with E-state index in [1.165, 1.54) is 13.8 Å². The molecule has 0 heterocycles. The molecule has 9 nitrogen and oxygen atoms in total. The summed E-state index contributed by atoms with van der Waals surface area (Å²) in [4.78, 5) is 67.2. The number of esters is 6. The number of hydrogen-bond donors (Lipinski definition) is 0. The highest BCUT2D eigenvalue weighted by molar-refractivity contribution is 5.89. The molecule has 0 amide bonds. The van der Waals surface area contributed by atoms with Gasteiger partial charge in [-0.2, -0.15) is 0 Å². The SMILES string of the molecule is CC(=O)OC(=O)CCC(C)C(=O)OC(=O)C(C)CCC(=O)OC(C)=O. The second-order valence-corrected chi connectivity index (χ2v) is 5.55. The maximum atomic E-state index is 11.8. The number of rotatable bonds is 8. The van der Waals surface area contributed by atoms with Crippen LogP contribution < -0.4 is 0 Å². The van der Waals surface area contributed by atoms with Gasteiger partial charge in [-0.3, -0.25) is 28.8 Å². The minimum absolute atomic E-state index is 0.0531. The Balaban J connectivity index is 4.23. The molecule has 9 heteroatoms. The van der Waals surface area contributed by atoms with E-state index >= 15 is 0 Å². The minimum Gasteiger partial charge on any atom is -0.393 e. The highest BCUT2D eigenvalue weighted by Crippen LogP contribution is 2.13. The van der Waals surface area contributed by atoms with Gasteiger partial charge in [0.15, 0.2) is 0 Å². The zero-order valence-corrected chi connectivity index (χ0v) is 14.7. The molecule has 0 aromatic rings. The minimum atomic E-state index is -0.821. The number of carbonyl (C=O) groups excluding carboxylic acids is 6. The van der Waals surface area contributed by atoms with Crippen molar-refractivity contribution in [2.45, 2.75) is 53.4 Å². The Morgan fingerprint density at radius 3 is 1.24 bits per heavy atom. The van der Waals surface area contributed by atoms with Crippen molar-refractivity contribution < 1.29 is 43.0 Å². The molecular formula is C16H22O9. The first kappa shape index (κ1) is 22.4. The Morgan fingerprint density at radius 2 is 0.960 bits per heavy atom. The second-order valence-electron chi connectivity index (χ2n) is 5.55. The van der Waals surface area contributed by atoms with E-state index in [0.717, 1.165) is 13.8 Å². The summed E-state index contributed by atoms with van der Waals surface area (Å²) in [5.74, 6) is -6.17. The Hall–Kier alpha value is -2.58. The van der Waals surface area contributed by atoms with Crippen LogP contribution in [0.25, 0.3) is 0 Å². The molecule has 140 valence electrons. The van der Waals surface area contributed by atoms with E-state index in [0.29, 0.717) is 0 Å². The lowest BCUT2D eigenvalue weighted by Crippen LogP contribution is -2.24. The first-order valence-corrected chi connectivity index (χ1v) is 7.71. The summed E-state index contributed by atoms with van der Waals surface area (Å²) in [5, 5.41) is 0. The van der Waals surface area contributed by atoms with Gasteiger partial charge in [0.05, 0.1) is 11.8 Å². The van der Waals surface area contributed by atoms with Crippen molar-refractivity contribution in [3.8, 4) is 0 Å². The summed E-state index contributed by atoms with van der Waals surface area (Å²) >= 11 is 0. The molecule has 0 saturated heterocycles. The molecule has 0 aliphatic heterocycles. The van der Waals surface area contributed by atoms with Crippen molar-refractivity contribution in [2.75, 3.05) is 0 Å². The molecule has 2 atom stereocenters. The van der Waals surface area contributed by atoms with Crippen molar-refractivity contribution in [3.63, 3.8) is 0 Å². The van der Waals surface area contributed by atoms with Gasteiger partial charge in [-0.15, -0.1) is 0 Å². The predicted octanol–water partition coefficient (Wildman–Crippen LogP) is 1.07. The Bertz CT molecular complexity index is 502. The first-order chi connectivity index (χ1) is 11.5. The van der Waals surface area contributed by atoms with Gasteiger partial charge >= 0.3 is 35.8 Å². The van der Waals surface area contributed by atoms with Crippen LogP contribution in [0.4, 0.5) is 0 Å². The standard InChI is InChI=1S/C16H22O9/c1-9(5-7-13(19)23-11(3)17)15(21)25-16(22)10(2)6-8-14(20)24-12(4)18/h9-10H,5-8H2,1-4H3. The quantitative estimate of drug-likeness (QED) is 0.355. The van der Waals surface area contributed by atoms with Gasteiger partial charge in [0.2, 0.25) is 0 Å². The van der Waals surface area contributed by atoms with Crippen LogP contribution in [0.15, 0.2) is 0 Å². The third kappa shape index (κ3) is 10.7. The predicted molar refractivity (Wildman–Crippen MR) is 81.4 cm³/mol. The van der Waals surface area contributed by atoms with Gasteiger partial charge < -0.3 is 14.2 Å². The van der Waals surface area contributed by atoms with Crippen molar-refractivity contribution in [3.05, 3.63) is 0 Å². The van der Waals surface area contributed by atoms with Gasteiger partial charge in [0.25, 0.3) is 0 Å². The first-order valence-electron chi connectivity index (χ1n) is 7.71. The molecule has 0 rings (SSSR count). The van der Waals surface area contributed by atoms with Crippen LogP contribution in [0.3, 0.4) is 0 Å². The van der Waals surface area contributed by atoms with E-state index in [-0.39, 0.29) is 25.7 Å². The third-order valence-corrected chi connectivity index (χ3v) is 3.08. The van der Waals surface area contributed by atoms with Crippen molar-refractivity contribution in [1.29, 1.82) is 0 Å². The molecule has 0 aliphatic carbocycles. The zero-order chi connectivity index (χ0) is 19.6. The molecule has 0 N–H and O–H groups in total. The average molecular weight is 358 g/mol.